The minimum absolute atomic E-state index is 0.365. The molecule has 114 valence electrons. The summed E-state index contributed by atoms with van der Waals surface area (Å²) in [5.74, 6) is 3.19. The predicted octanol–water partition coefficient (Wildman–Crippen LogP) is 3.86. The minimum atomic E-state index is 0.365. The zero-order valence-electron chi connectivity index (χ0n) is 12.9. The second-order valence-corrected chi connectivity index (χ2v) is 7.80. The van der Waals surface area contributed by atoms with Crippen molar-refractivity contribution in [3.05, 3.63) is 29.3 Å². The number of aliphatic hydroxyl groups is 1. The van der Waals surface area contributed by atoms with Crippen LogP contribution >= 0.6 is 0 Å². The molecule has 3 aliphatic rings. The molecule has 1 aromatic carbocycles. The van der Waals surface area contributed by atoms with Gasteiger partial charge in [-0.25, -0.2) is 0 Å². The maximum atomic E-state index is 9.73. The van der Waals surface area contributed by atoms with Crippen molar-refractivity contribution in [1.82, 2.24) is 0 Å². The number of benzene rings is 1. The lowest BCUT2D eigenvalue weighted by Gasteiger charge is -2.51. The first-order valence-corrected chi connectivity index (χ1v) is 8.56. The molecule has 3 aliphatic carbocycles. The molecule has 0 aromatic heterocycles. The molecule has 1 aromatic rings. The van der Waals surface area contributed by atoms with Gasteiger partial charge >= 0.3 is 0 Å². The number of phenolic OH excluding ortho intramolecular Hbond substituents is 1. The van der Waals surface area contributed by atoms with Crippen molar-refractivity contribution in [2.75, 3.05) is 6.61 Å². The van der Waals surface area contributed by atoms with Gasteiger partial charge in [0.05, 0.1) is 0 Å². The lowest BCUT2D eigenvalue weighted by atomic mass is 9.54. The number of rotatable bonds is 1. The number of hydrogen-bond donors (Lipinski definition) is 2. The molecule has 2 nitrogen and oxygen atoms in total. The summed E-state index contributed by atoms with van der Waals surface area (Å²) in [7, 11) is 0. The van der Waals surface area contributed by atoms with E-state index in [1.54, 1.807) is 0 Å². The molecule has 0 aliphatic heterocycles. The van der Waals surface area contributed by atoms with Gasteiger partial charge in [0.25, 0.3) is 0 Å². The molecule has 2 heteroatoms. The maximum absolute atomic E-state index is 9.73. The standard InChI is InChI=1S/C19H26O2/c1-19-9-8-16-15-6-4-14(21)10-12(15)2-5-17(16)18(19)7-3-13(19)11-20/h4,6,10,13,16-18,20-21H,2-3,5,7-9,11H2,1H3/t13-,16-,17-,18+,19-/m1/s1. The van der Waals surface area contributed by atoms with Gasteiger partial charge in [0, 0.05) is 6.61 Å². The molecule has 4 rings (SSSR count). The fourth-order valence-electron chi connectivity index (χ4n) is 5.98. The van der Waals surface area contributed by atoms with Crippen molar-refractivity contribution in [3.8, 4) is 5.75 Å². The fraction of sp³-hybridized carbons (Fsp3) is 0.684. The van der Waals surface area contributed by atoms with E-state index in [-0.39, 0.29) is 0 Å². The Morgan fingerprint density at radius 1 is 1.19 bits per heavy atom. The first kappa shape index (κ1) is 13.6. The summed E-state index contributed by atoms with van der Waals surface area (Å²) in [5.41, 5.74) is 3.24. The van der Waals surface area contributed by atoms with E-state index >= 15 is 0 Å². The van der Waals surface area contributed by atoms with E-state index in [9.17, 15) is 10.2 Å². The maximum Gasteiger partial charge on any atom is 0.115 e. The van der Waals surface area contributed by atoms with E-state index in [0.29, 0.717) is 29.6 Å². The zero-order valence-corrected chi connectivity index (χ0v) is 12.9. The first-order valence-electron chi connectivity index (χ1n) is 8.56. The van der Waals surface area contributed by atoms with Crippen molar-refractivity contribution >= 4 is 0 Å². The van der Waals surface area contributed by atoms with Gasteiger partial charge in [-0.2, -0.15) is 0 Å². The summed E-state index contributed by atoms with van der Waals surface area (Å²) in [5, 5.41) is 19.4. The van der Waals surface area contributed by atoms with Gasteiger partial charge in [-0.3, -0.25) is 0 Å². The van der Waals surface area contributed by atoms with E-state index in [2.05, 4.69) is 13.0 Å². The van der Waals surface area contributed by atoms with E-state index in [1.807, 2.05) is 12.1 Å². The number of hydrogen-bond acceptors (Lipinski definition) is 2. The number of aryl methyl sites for hydroxylation is 1. The number of fused-ring (bicyclic) bond motifs is 5. The quantitative estimate of drug-likeness (QED) is 0.823. The van der Waals surface area contributed by atoms with Crippen molar-refractivity contribution in [3.63, 3.8) is 0 Å². The first-order chi connectivity index (χ1) is 10.1. The Hall–Kier alpha value is -1.02. The van der Waals surface area contributed by atoms with Gasteiger partial charge in [0.1, 0.15) is 5.75 Å². The summed E-state index contributed by atoms with van der Waals surface area (Å²) < 4.78 is 0. The van der Waals surface area contributed by atoms with Gasteiger partial charge in [-0.05, 0) is 90.9 Å². The van der Waals surface area contributed by atoms with Crippen molar-refractivity contribution in [2.45, 2.75) is 51.4 Å². The highest BCUT2D eigenvalue weighted by molar-refractivity contribution is 5.40. The molecule has 2 saturated carbocycles. The molecule has 0 heterocycles. The van der Waals surface area contributed by atoms with Crippen LogP contribution < -0.4 is 0 Å². The number of aliphatic hydroxyl groups excluding tert-OH is 1. The molecule has 21 heavy (non-hydrogen) atoms. The summed E-state index contributed by atoms with van der Waals surface area (Å²) in [6.07, 6.45) is 7.40. The highest BCUT2D eigenvalue weighted by atomic mass is 16.3. The molecule has 0 spiro atoms. The Balaban J connectivity index is 1.68. The minimum Gasteiger partial charge on any atom is -0.508 e. The van der Waals surface area contributed by atoms with Crippen LogP contribution in [0.4, 0.5) is 0 Å². The van der Waals surface area contributed by atoms with Gasteiger partial charge in [-0.15, -0.1) is 0 Å². The molecule has 2 fully saturated rings. The molecular formula is C19H26O2. The van der Waals surface area contributed by atoms with E-state index in [4.69, 9.17) is 0 Å². The summed E-state index contributed by atoms with van der Waals surface area (Å²) in [4.78, 5) is 0. The Kier molecular flexibility index (Phi) is 3.08. The van der Waals surface area contributed by atoms with Crippen LogP contribution in [-0.4, -0.2) is 16.8 Å². The number of phenols is 1. The Labute approximate surface area is 127 Å². The average Bonchev–Trinajstić information content (AvgIpc) is 2.83. The monoisotopic (exact) mass is 286 g/mol. The van der Waals surface area contributed by atoms with Crippen LogP contribution in [0, 0.1) is 23.2 Å². The van der Waals surface area contributed by atoms with Crippen LogP contribution in [0.25, 0.3) is 0 Å². The zero-order chi connectivity index (χ0) is 14.6. The topological polar surface area (TPSA) is 40.5 Å². The molecular weight excluding hydrogens is 260 g/mol. The summed E-state index contributed by atoms with van der Waals surface area (Å²) in [6, 6.07) is 6.01. The van der Waals surface area contributed by atoms with Gasteiger partial charge in [0.15, 0.2) is 0 Å². The van der Waals surface area contributed by atoms with Crippen LogP contribution in [0.1, 0.15) is 56.1 Å². The summed E-state index contributed by atoms with van der Waals surface area (Å²) >= 11 is 0. The van der Waals surface area contributed by atoms with E-state index < -0.39 is 0 Å². The van der Waals surface area contributed by atoms with Gasteiger partial charge in [-0.1, -0.05) is 13.0 Å². The smallest absolute Gasteiger partial charge is 0.115 e. The van der Waals surface area contributed by atoms with Gasteiger partial charge < -0.3 is 10.2 Å². The lowest BCUT2D eigenvalue weighted by Crippen LogP contribution is -2.43. The third-order valence-corrected chi connectivity index (χ3v) is 7.13. The molecule has 0 saturated heterocycles. The van der Waals surface area contributed by atoms with Crippen molar-refractivity contribution < 1.29 is 10.2 Å². The SMILES string of the molecule is C[C@]12CC[C@@H]3c4ccc(O)cc4CC[C@H]3[C@@H]1CC[C@@H]2CO. The Morgan fingerprint density at radius 2 is 2.05 bits per heavy atom. The molecule has 0 amide bonds. The second kappa shape index (κ2) is 4.74. The number of aromatic hydroxyl groups is 1. The van der Waals surface area contributed by atoms with Crippen LogP contribution in [0.5, 0.6) is 5.75 Å². The van der Waals surface area contributed by atoms with E-state index in [0.717, 1.165) is 18.3 Å². The van der Waals surface area contributed by atoms with Gasteiger partial charge in [0.2, 0.25) is 0 Å². The molecule has 0 unspecified atom stereocenters. The van der Waals surface area contributed by atoms with Crippen LogP contribution in [0.15, 0.2) is 18.2 Å². The van der Waals surface area contributed by atoms with E-state index in [1.165, 1.54) is 43.2 Å². The van der Waals surface area contributed by atoms with Crippen molar-refractivity contribution in [2.24, 2.45) is 23.2 Å². The Morgan fingerprint density at radius 3 is 2.86 bits per heavy atom. The Bertz CT molecular complexity index is 552. The highest BCUT2D eigenvalue weighted by Crippen LogP contribution is 2.62. The highest BCUT2D eigenvalue weighted by Gasteiger charge is 2.54. The molecule has 0 bridgehead atoms. The average molecular weight is 286 g/mol. The second-order valence-electron chi connectivity index (χ2n) is 7.80. The van der Waals surface area contributed by atoms with Crippen LogP contribution in [0.2, 0.25) is 0 Å². The lowest BCUT2D eigenvalue weighted by molar-refractivity contribution is 0.00956. The predicted molar refractivity (Wildman–Crippen MR) is 83.3 cm³/mol. The van der Waals surface area contributed by atoms with Crippen molar-refractivity contribution in [1.29, 1.82) is 0 Å². The third kappa shape index (κ3) is 1.88. The molecule has 0 radical (unpaired) electrons. The fourth-order valence-corrected chi connectivity index (χ4v) is 5.98. The normalized spacial score (nSPS) is 41.2. The summed E-state index contributed by atoms with van der Waals surface area (Å²) in [6.45, 7) is 2.81. The largest absolute Gasteiger partial charge is 0.508 e. The van der Waals surface area contributed by atoms with Crippen LogP contribution in [0.3, 0.4) is 0 Å². The molecule has 5 atom stereocenters. The molecule has 2 N–H and O–H groups in total. The van der Waals surface area contributed by atoms with Crippen LogP contribution in [-0.2, 0) is 6.42 Å². The third-order valence-electron chi connectivity index (χ3n) is 7.13.